The number of methoxy groups -OCH3 is 1. The fourth-order valence-corrected chi connectivity index (χ4v) is 6.02. The van der Waals surface area contributed by atoms with Crippen LogP contribution in [-0.2, 0) is 19.7 Å². The second-order valence-corrected chi connectivity index (χ2v) is 11.1. The first kappa shape index (κ1) is 30.1. The van der Waals surface area contributed by atoms with Crippen molar-refractivity contribution in [2.75, 3.05) is 20.3 Å². The molecule has 0 heterocycles. The zero-order valence-electron chi connectivity index (χ0n) is 25.5. The fraction of sp³-hybridized carbons (Fsp3) is 0.289. The van der Waals surface area contributed by atoms with Gasteiger partial charge in [0.2, 0.25) is 0 Å². The second-order valence-electron chi connectivity index (χ2n) is 11.1. The van der Waals surface area contributed by atoms with E-state index in [1.54, 1.807) is 7.11 Å². The van der Waals surface area contributed by atoms with Gasteiger partial charge in [-0.2, -0.15) is 0 Å². The highest BCUT2D eigenvalue weighted by molar-refractivity contribution is 5.86. The number of hydrogen-bond donors (Lipinski definition) is 0. The topological polar surface area (TPSA) is 54.0 Å². The van der Waals surface area contributed by atoms with E-state index in [0.717, 1.165) is 35.8 Å². The minimum absolute atomic E-state index is 0.0900. The third kappa shape index (κ3) is 5.82. The van der Waals surface area contributed by atoms with E-state index in [4.69, 9.17) is 18.9 Å². The quantitative estimate of drug-likeness (QED) is 0.105. The normalized spacial score (nSPS) is 13.9. The Morgan fingerprint density at radius 1 is 0.791 bits per heavy atom. The van der Waals surface area contributed by atoms with Crippen LogP contribution < -0.4 is 9.47 Å². The standard InChI is InChI=1S/C38H40O5/c1-6-36(39)42-26-31(43-37(4,7-2)8-3)25-41-30-23-19-28(20-24-30)38(27-17-21-29(40-5)22-18-27)34-15-11-9-13-32(34)33-14-10-12-16-35(33)38/h6,9-24,31H,1,7-8,25-26H2,2-5H3. The Hall–Kier alpha value is -4.35. The van der Waals surface area contributed by atoms with Crippen LogP contribution in [0.15, 0.2) is 110 Å². The van der Waals surface area contributed by atoms with Crippen LogP contribution >= 0.6 is 0 Å². The van der Waals surface area contributed by atoms with Crippen molar-refractivity contribution >= 4 is 5.97 Å². The molecular formula is C38H40O5. The zero-order valence-corrected chi connectivity index (χ0v) is 25.5. The van der Waals surface area contributed by atoms with Gasteiger partial charge in [-0.3, -0.25) is 0 Å². The number of benzene rings is 4. The van der Waals surface area contributed by atoms with Crippen molar-refractivity contribution in [3.63, 3.8) is 0 Å². The SMILES string of the molecule is C=CC(=O)OCC(COc1ccc(C2(c3ccc(OC)cc3)c3ccccc3-c3ccccc32)cc1)OC(C)(CC)CC. The Morgan fingerprint density at radius 3 is 1.79 bits per heavy atom. The van der Waals surface area contributed by atoms with Gasteiger partial charge in [0.25, 0.3) is 0 Å². The fourth-order valence-electron chi connectivity index (χ4n) is 6.02. The summed E-state index contributed by atoms with van der Waals surface area (Å²) in [5, 5.41) is 0. The molecule has 1 unspecified atom stereocenters. The Bertz CT molecular complexity index is 1500. The van der Waals surface area contributed by atoms with Gasteiger partial charge >= 0.3 is 5.97 Å². The summed E-state index contributed by atoms with van der Waals surface area (Å²) in [6.45, 7) is 10.1. The van der Waals surface area contributed by atoms with E-state index in [1.165, 1.54) is 22.3 Å². The van der Waals surface area contributed by atoms with Gasteiger partial charge in [-0.25, -0.2) is 4.79 Å². The third-order valence-electron chi connectivity index (χ3n) is 8.72. The van der Waals surface area contributed by atoms with Crippen LogP contribution in [-0.4, -0.2) is 38.0 Å². The Morgan fingerprint density at radius 2 is 1.30 bits per heavy atom. The van der Waals surface area contributed by atoms with E-state index < -0.39 is 17.5 Å². The minimum atomic E-state index is -0.507. The summed E-state index contributed by atoms with van der Waals surface area (Å²) in [5.41, 5.74) is 6.40. The lowest BCUT2D eigenvalue weighted by molar-refractivity contribution is -0.153. The lowest BCUT2D eigenvalue weighted by atomic mass is 9.68. The Kier molecular flexibility index (Phi) is 9.02. The molecule has 0 aromatic heterocycles. The maximum absolute atomic E-state index is 11.8. The van der Waals surface area contributed by atoms with E-state index in [1.807, 2.05) is 24.3 Å². The molecule has 1 aliphatic carbocycles. The number of carbonyl (C=O) groups excluding carboxylic acids is 1. The molecule has 0 aliphatic heterocycles. The summed E-state index contributed by atoms with van der Waals surface area (Å²) in [4.78, 5) is 11.8. The zero-order chi connectivity index (χ0) is 30.5. The molecule has 222 valence electrons. The minimum Gasteiger partial charge on any atom is -0.497 e. The lowest BCUT2D eigenvalue weighted by Gasteiger charge is -2.34. The molecule has 1 aliphatic rings. The van der Waals surface area contributed by atoms with Crippen LogP contribution in [0.3, 0.4) is 0 Å². The van der Waals surface area contributed by atoms with Gasteiger partial charge in [-0.15, -0.1) is 0 Å². The molecule has 0 saturated heterocycles. The molecule has 5 rings (SSSR count). The Balaban J connectivity index is 1.49. The Labute approximate surface area is 255 Å². The molecule has 5 heteroatoms. The average molecular weight is 577 g/mol. The number of fused-ring (bicyclic) bond motifs is 3. The number of carbonyl (C=O) groups is 1. The van der Waals surface area contributed by atoms with Crippen molar-refractivity contribution in [1.29, 1.82) is 0 Å². The number of rotatable bonds is 13. The van der Waals surface area contributed by atoms with Gasteiger partial charge in [0.1, 0.15) is 30.8 Å². The molecule has 0 saturated carbocycles. The van der Waals surface area contributed by atoms with Crippen LogP contribution in [0, 0.1) is 0 Å². The number of hydrogen-bond acceptors (Lipinski definition) is 5. The predicted octanol–water partition coefficient (Wildman–Crippen LogP) is 8.13. The molecule has 0 fully saturated rings. The van der Waals surface area contributed by atoms with Crippen molar-refractivity contribution in [2.24, 2.45) is 0 Å². The molecule has 4 aromatic carbocycles. The van der Waals surface area contributed by atoms with Gasteiger partial charge in [0, 0.05) is 6.08 Å². The molecule has 4 aromatic rings. The van der Waals surface area contributed by atoms with Gasteiger partial charge in [-0.1, -0.05) is 93.2 Å². The predicted molar refractivity (Wildman–Crippen MR) is 171 cm³/mol. The van der Waals surface area contributed by atoms with E-state index in [2.05, 4.69) is 100 Å². The van der Waals surface area contributed by atoms with E-state index in [-0.39, 0.29) is 18.8 Å². The highest BCUT2D eigenvalue weighted by atomic mass is 16.6. The number of ether oxygens (including phenoxy) is 4. The molecular weight excluding hydrogens is 536 g/mol. The molecule has 0 radical (unpaired) electrons. The van der Waals surface area contributed by atoms with Gasteiger partial charge in [0.05, 0.1) is 18.1 Å². The van der Waals surface area contributed by atoms with Crippen LogP contribution in [0.1, 0.15) is 55.9 Å². The number of esters is 1. The van der Waals surface area contributed by atoms with Crippen molar-refractivity contribution in [3.05, 3.63) is 132 Å². The first-order chi connectivity index (χ1) is 20.9. The van der Waals surface area contributed by atoms with Crippen LogP contribution in [0.4, 0.5) is 0 Å². The van der Waals surface area contributed by atoms with Crippen LogP contribution in [0.2, 0.25) is 0 Å². The summed E-state index contributed by atoms with van der Waals surface area (Å²) >= 11 is 0. The van der Waals surface area contributed by atoms with Gasteiger partial charge in [-0.05, 0) is 77.4 Å². The molecule has 0 amide bonds. The average Bonchev–Trinajstić information content (AvgIpc) is 3.37. The first-order valence-electron chi connectivity index (χ1n) is 14.9. The highest BCUT2D eigenvalue weighted by Gasteiger charge is 2.45. The molecule has 43 heavy (non-hydrogen) atoms. The third-order valence-corrected chi connectivity index (χ3v) is 8.72. The van der Waals surface area contributed by atoms with Gasteiger partial charge in [0.15, 0.2) is 0 Å². The molecule has 0 N–H and O–H groups in total. The second kappa shape index (κ2) is 12.9. The van der Waals surface area contributed by atoms with Crippen molar-refractivity contribution in [2.45, 2.75) is 50.7 Å². The summed E-state index contributed by atoms with van der Waals surface area (Å²) in [5.74, 6) is 1.06. The van der Waals surface area contributed by atoms with Crippen molar-refractivity contribution < 1.29 is 23.7 Å². The van der Waals surface area contributed by atoms with Gasteiger partial charge < -0.3 is 18.9 Å². The molecule has 0 bridgehead atoms. The summed E-state index contributed by atoms with van der Waals surface area (Å²) < 4.78 is 23.4. The smallest absolute Gasteiger partial charge is 0.330 e. The summed E-state index contributed by atoms with van der Waals surface area (Å²) in [6, 6.07) is 34.0. The summed E-state index contributed by atoms with van der Waals surface area (Å²) in [7, 11) is 1.69. The monoisotopic (exact) mass is 576 g/mol. The highest BCUT2D eigenvalue weighted by Crippen LogP contribution is 2.56. The van der Waals surface area contributed by atoms with E-state index >= 15 is 0 Å². The maximum Gasteiger partial charge on any atom is 0.330 e. The summed E-state index contributed by atoms with van der Waals surface area (Å²) in [6.07, 6.45) is 2.40. The maximum atomic E-state index is 11.8. The van der Waals surface area contributed by atoms with Crippen molar-refractivity contribution in [1.82, 2.24) is 0 Å². The first-order valence-corrected chi connectivity index (χ1v) is 14.9. The van der Waals surface area contributed by atoms with Crippen LogP contribution in [0.25, 0.3) is 11.1 Å². The van der Waals surface area contributed by atoms with E-state index in [9.17, 15) is 4.79 Å². The lowest BCUT2D eigenvalue weighted by Crippen LogP contribution is -2.38. The van der Waals surface area contributed by atoms with Crippen LogP contribution in [0.5, 0.6) is 11.5 Å². The molecule has 0 spiro atoms. The van der Waals surface area contributed by atoms with Crippen molar-refractivity contribution in [3.8, 4) is 22.6 Å². The molecule has 1 atom stereocenters. The largest absolute Gasteiger partial charge is 0.497 e. The molecule has 5 nitrogen and oxygen atoms in total. The van der Waals surface area contributed by atoms with E-state index in [0.29, 0.717) is 5.75 Å².